The number of rotatable bonds is 7. The molecule has 4 aromatic rings. The standard InChI is InChI=1S/C26H24N2O4/c1-4-31-24-14-7-18(3)15-23(24)28-16-22(19-8-5-17(2)6-9-19)25(27-28)32-21-12-10-20(11-13-21)26(29)30/h5-16H,4H2,1-3H3,(H,29,30). The summed E-state index contributed by atoms with van der Waals surface area (Å²) in [4.78, 5) is 11.1. The molecule has 0 aliphatic carbocycles. The first kappa shape index (κ1) is 21.2. The van der Waals surface area contributed by atoms with Crippen molar-refractivity contribution in [3.63, 3.8) is 0 Å². The van der Waals surface area contributed by atoms with Crippen LogP contribution in [0.25, 0.3) is 16.8 Å². The number of ether oxygens (including phenoxy) is 2. The number of hydrogen-bond acceptors (Lipinski definition) is 4. The Labute approximate surface area is 186 Å². The molecule has 0 saturated heterocycles. The van der Waals surface area contributed by atoms with Gasteiger partial charge in [-0.1, -0.05) is 35.9 Å². The van der Waals surface area contributed by atoms with E-state index in [1.54, 1.807) is 16.8 Å². The number of hydrogen-bond donors (Lipinski definition) is 1. The van der Waals surface area contributed by atoms with Crippen molar-refractivity contribution in [2.75, 3.05) is 6.61 Å². The van der Waals surface area contributed by atoms with Crippen LogP contribution in [0, 0.1) is 13.8 Å². The molecule has 3 aromatic carbocycles. The lowest BCUT2D eigenvalue weighted by Gasteiger charge is -2.11. The number of aromatic nitrogens is 2. The molecule has 0 bridgehead atoms. The maximum atomic E-state index is 11.1. The quantitative estimate of drug-likeness (QED) is 0.388. The summed E-state index contributed by atoms with van der Waals surface area (Å²) in [5, 5.41) is 13.8. The highest BCUT2D eigenvalue weighted by molar-refractivity contribution is 5.87. The monoisotopic (exact) mass is 428 g/mol. The fraction of sp³-hybridized carbons (Fsp3) is 0.154. The van der Waals surface area contributed by atoms with Crippen LogP contribution in [-0.2, 0) is 0 Å². The number of aryl methyl sites for hydroxylation is 2. The zero-order valence-electron chi connectivity index (χ0n) is 18.2. The Hall–Kier alpha value is -4.06. The van der Waals surface area contributed by atoms with E-state index in [2.05, 4.69) is 0 Å². The minimum Gasteiger partial charge on any atom is -0.492 e. The number of nitrogens with zero attached hydrogens (tertiary/aromatic N) is 2. The summed E-state index contributed by atoms with van der Waals surface area (Å²) in [5.41, 5.74) is 5.03. The van der Waals surface area contributed by atoms with Crippen LogP contribution in [0.1, 0.15) is 28.4 Å². The predicted molar refractivity (Wildman–Crippen MR) is 123 cm³/mol. The second-order valence-electron chi connectivity index (χ2n) is 7.49. The van der Waals surface area contributed by atoms with Gasteiger partial charge < -0.3 is 14.6 Å². The van der Waals surface area contributed by atoms with Crippen molar-refractivity contribution in [2.45, 2.75) is 20.8 Å². The minimum atomic E-state index is -0.982. The number of aromatic carboxylic acids is 1. The molecule has 0 unspecified atom stereocenters. The third-order valence-electron chi connectivity index (χ3n) is 5.02. The first-order valence-corrected chi connectivity index (χ1v) is 10.4. The van der Waals surface area contributed by atoms with E-state index >= 15 is 0 Å². The maximum absolute atomic E-state index is 11.1. The van der Waals surface area contributed by atoms with Crippen LogP contribution >= 0.6 is 0 Å². The molecular weight excluding hydrogens is 404 g/mol. The summed E-state index contributed by atoms with van der Waals surface area (Å²) in [6.45, 7) is 6.54. The largest absolute Gasteiger partial charge is 0.492 e. The zero-order valence-corrected chi connectivity index (χ0v) is 18.2. The fourth-order valence-corrected chi connectivity index (χ4v) is 3.35. The van der Waals surface area contributed by atoms with Crippen molar-refractivity contribution in [1.29, 1.82) is 0 Å². The van der Waals surface area contributed by atoms with Crippen LogP contribution in [-0.4, -0.2) is 27.5 Å². The molecule has 0 atom stereocenters. The SMILES string of the molecule is CCOc1ccc(C)cc1-n1cc(-c2ccc(C)cc2)c(Oc2ccc(C(=O)O)cc2)n1. The van der Waals surface area contributed by atoms with Gasteiger partial charge in [-0.3, -0.25) is 0 Å². The van der Waals surface area contributed by atoms with Gasteiger partial charge in [-0.25, -0.2) is 9.48 Å². The van der Waals surface area contributed by atoms with Crippen LogP contribution in [0.4, 0.5) is 0 Å². The van der Waals surface area contributed by atoms with Crippen LogP contribution in [0.15, 0.2) is 72.9 Å². The predicted octanol–water partition coefficient (Wildman–Crippen LogP) is 6.05. The van der Waals surface area contributed by atoms with Crippen LogP contribution in [0.3, 0.4) is 0 Å². The van der Waals surface area contributed by atoms with Crippen molar-refractivity contribution in [3.8, 4) is 34.2 Å². The molecule has 0 aliphatic heterocycles. The Morgan fingerprint density at radius 2 is 1.66 bits per heavy atom. The third-order valence-corrected chi connectivity index (χ3v) is 5.02. The van der Waals surface area contributed by atoms with Gasteiger partial charge in [0.15, 0.2) is 0 Å². The summed E-state index contributed by atoms with van der Waals surface area (Å²) in [6, 6.07) is 20.3. The van der Waals surface area contributed by atoms with E-state index in [1.807, 2.05) is 69.4 Å². The van der Waals surface area contributed by atoms with Crippen molar-refractivity contribution in [1.82, 2.24) is 9.78 Å². The molecule has 6 heteroatoms. The first-order valence-electron chi connectivity index (χ1n) is 10.4. The highest BCUT2D eigenvalue weighted by Gasteiger charge is 2.17. The van der Waals surface area contributed by atoms with E-state index < -0.39 is 5.97 Å². The van der Waals surface area contributed by atoms with Crippen molar-refractivity contribution in [3.05, 3.63) is 89.6 Å². The Morgan fingerprint density at radius 3 is 2.31 bits per heavy atom. The van der Waals surface area contributed by atoms with Gasteiger partial charge in [0.25, 0.3) is 0 Å². The highest BCUT2D eigenvalue weighted by atomic mass is 16.5. The summed E-state index contributed by atoms with van der Waals surface area (Å²) in [5.74, 6) is 0.668. The zero-order chi connectivity index (χ0) is 22.7. The van der Waals surface area contributed by atoms with Gasteiger partial charge in [0.1, 0.15) is 17.2 Å². The van der Waals surface area contributed by atoms with Gasteiger partial charge in [-0.2, -0.15) is 0 Å². The number of carboxylic acids is 1. The molecule has 1 aromatic heterocycles. The van der Waals surface area contributed by atoms with Gasteiger partial charge in [-0.15, -0.1) is 5.10 Å². The normalized spacial score (nSPS) is 10.7. The Bertz CT molecular complexity index is 1240. The van der Waals surface area contributed by atoms with E-state index in [0.29, 0.717) is 18.2 Å². The molecule has 1 heterocycles. The first-order chi connectivity index (χ1) is 15.4. The van der Waals surface area contributed by atoms with Crippen LogP contribution in [0.5, 0.6) is 17.4 Å². The van der Waals surface area contributed by atoms with E-state index in [-0.39, 0.29) is 5.56 Å². The molecule has 0 fully saturated rings. The van der Waals surface area contributed by atoms with Crippen molar-refractivity contribution in [2.24, 2.45) is 0 Å². The number of carboxylic acid groups (broad SMARTS) is 1. The molecule has 0 saturated carbocycles. The van der Waals surface area contributed by atoms with Gasteiger partial charge in [-0.05, 0) is 68.3 Å². The molecular formula is C26H24N2O4. The molecule has 162 valence electrons. The number of carbonyl (C=O) groups is 1. The summed E-state index contributed by atoms with van der Waals surface area (Å²) in [6.07, 6.45) is 1.92. The summed E-state index contributed by atoms with van der Waals surface area (Å²) in [7, 11) is 0. The second kappa shape index (κ2) is 8.98. The molecule has 6 nitrogen and oxygen atoms in total. The Balaban J connectivity index is 1.80. The summed E-state index contributed by atoms with van der Waals surface area (Å²) >= 11 is 0. The lowest BCUT2D eigenvalue weighted by Crippen LogP contribution is -2.02. The van der Waals surface area contributed by atoms with E-state index in [1.165, 1.54) is 12.1 Å². The van der Waals surface area contributed by atoms with Gasteiger partial charge in [0, 0.05) is 6.20 Å². The lowest BCUT2D eigenvalue weighted by atomic mass is 10.1. The lowest BCUT2D eigenvalue weighted by molar-refractivity contribution is 0.0697. The Morgan fingerprint density at radius 1 is 0.969 bits per heavy atom. The van der Waals surface area contributed by atoms with Gasteiger partial charge in [0.05, 0.1) is 17.7 Å². The van der Waals surface area contributed by atoms with Crippen LogP contribution < -0.4 is 9.47 Å². The minimum absolute atomic E-state index is 0.197. The van der Waals surface area contributed by atoms with E-state index in [4.69, 9.17) is 19.7 Å². The maximum Gasteiger partial charge on any atom is 0.335 e. The van der Waals surface area contributed by atoms with E-state index in [0.717, 1.165) is 33.7 Å². The molecule has 0 radical (unpaired) electrons. The summed E-state index contributed by atoms with van der Waals surface area (Å²) < 4.78 is 13.7. The number of benzene rings is 3. The van der Waals surface area contributed by atoms with Crippen LogP contribution in [0.2, 0.25) is 0 Å². The highest BCUT2D eigenvalue weighted by Crippen LogP contribution is 2.35. The van der Waals surface area contributed by atoms with E-state index in [9.17, 15) is 4.79 Å². The molecule has 0 amide bonds. The fourth-order valence-electron chi connectivity index (χ4n) is 3.35. The van der Waals surface area contributed by atoms with Crippen molar-refractivity contribution >= 4 is 5.97 Å². The molecule has 4 rings (SSSR count). The molecule has 0 aliphatic rings. The van der Waals surface area contributed by atoms with Gasteiger partial charge in [0.2, 0.25) is 5.88 Å². The van der Waals surface area contributed by atoms with Gasteiger partial charge >= 0.3 is 5.97 Å². The molecule has 1 N–H and O–H groups in total. The molecule has 0 spiro atoms. The third kappa shape index (κ3) is 4.49. The topological polar surface area (TPSA) is 73.6 Å². The smallest absolute Gasteiger partial charge is 0.335 e. The van der Waals surface area contributed by atoms with Crippen molar-refractivity contribution < 1.29 is 19.4 Å². The molecule has 32 heavy (non-hydrogen) atoms. The Kier molecular flexibility index (Phi) is 5.94. The average molecular weight is 428 g/mol. The average Bonchev–Trinajstić information content (AvgIpc) is 3.19. The second-order valence-corrected chi connectivity index (χ2v) is 7.49.